The highest BCUT2D eigenvalue weighted by atomic mass is 16.5. The average Bonchev–Trinajstić information content (AvgIpc) is 2.95. The van der Waals surface area contributed by atoms with Crippen LogP contribution in [0.15, 0.2) is 18.2 Å². The zero-order valence-corrected chi connectivity index (χ0v) is 26.4. The minimum absolute atomic E-state index is 0.0113. The van der Waals surface area contributed by atoms with E-state index >= 15 is 0 Å². The number of benzene rings is 1. The Morgan fingerprint density at radius 1 is 0.951 bits per heavy atom. The summed E-state index contributed by atoms with van der Waals surface area (Å²) in [5, 5.41) is 14.2. The van der Waals surface area contributed by atoms with Gasteiger partial charge in [0.25, 0.3) is 0 Å². The van der Waals surface area contributed by atoms with Gasteiger partial charge in [0.15, 0.2) is 11.5 Å². The molecule has 1 aliphatic carbocycles. The number of hydrogen-bond acceptors (Lipinski definition) is 7. The molecule has 3 atom stereocenters. The van der Waals surface area contributed by atoms with Crippen molar-refractivity contribution in [2.75, 3.05) is 34.5 Å². The largest absolute Gasteiger partial charge is 0.493 e. The average molecular weight is 578 g/mol. The lowest BCUT2D eigenvalue weighted by Gasteiger charge is -2.30. The molecule has 2 N–H and O–H groups in total. The Labute approximate surface area is 247 Å². The molecule has 2 rings (SSSR count). The molecule has 0 aromatic heterocycles. The van der Waals surface area contributed by atoms with Crippen molar-refractivity contribution in [2.24, 2.45) is 29.6 Å². The van der Waals surface area contributed by atoms with Crippen molar-refractivity contribution in [2.45, 2.75) is 97.6 Å². The zero-order chi connectivity index (χ0) is 30.4. The lowest BCUT2D eigenvalue weighted by atomic mass is 9.82. The maximum absolute atomic E-state index is 13.2. The molecule has 1 saturated carbocycles. The van der Waals surface area contributed by atoms with Crippen molar-refractivity contribution >= 4 is 11.9 Å². The number of carbonyl (C=O) groups is 2. The fourth-order valence-corrected chi connectivity index (χ4v) is 5.77. The fraction of sp³-hybridized carbons (Fsp3) is 0.758. The Hall–Kier alpha value is -2.32. The van der Waals surface area contributed by atoms with Crippen molar-refractivity contribution in [1.82, 2.24) is 5.32 Å². The molecule has 0 heterocycles. The molecule has 0 bridgehead atoms. The van der Waals surface area contributed by atoms with E-state index in [2.05, 4.69) is 31.3 Å². The highest BCUT2D eigenvalue weighted by Crippen LogP contribution is 2.32. The summed E-state index contributed by atoms with van der Waals surface area (Å²) < 4.78 is 21.5. The molecule has 1 fully saturated rings. The van der Waals surface area contributed by atoms with E-state index in [4.69, 9.17) is 18.9 Å². The molecule has 8 nitrogen and oxygen atoms in total. The van der Waals surface area contributed by atoms with Crippen LogP contribution in [0.1, 0.15) is 84.6 Å². The van der Waals surface area contributed by atoms with E-state index in [1.807, 2.05) is 19.9 Å². The summed E-state index contributed by atoms with van der Waals surface area (Å²) in [4.78, 5) is 25.0. The monoisotopic (exact) mass is 577 g/mol. The van der Waals surface area contributed by atoms with Gasteiger partial charge >= 0.3 is 5.97 Å². The van der Waals surface area contributed by atoms with Crippen molar-refractivity contribution in [3.05, 3.63) is 23.8 Å². The van der Waals surface area contributed by atoms with E-state index in [0.717, 1.165) is 56.4 Å². The summed E-state index contributed by atoms with van der Waals surface area (Å²) in [6.07, 6.45) is 6.15. The topological polar surface area (TPSA) is 103 Å². The third-order valence-corrected chi connectivity index (χ3v) is 8.57. The standard InChI is InChI=1S/C33H55NO7/c1-22(2)26(19-24-9-16-30(39-6)31(20-24)41-18-8-17-38-5)12-15-28(35)21-29(23(3)4)32(36)34-27-13-10-25(11-14-27)33(37)40-7/h9,16,20,22-23,25-29,35H,8,10-15,17-19,21H2,1-7H3,(H,34,36)/t25?,26?,27?,28-,29?/m1/s1. The van der Waals surface area contributed by atoms with Crippen molar-refractivity contribution in [3.63, 3.8) is 0 Å². The molecule has 1 aliphatic rings. The van der Waals surface area contributed by atoms with Crippen molar-refractivity contribution < 1.29 is 33.6 Å². The van der Waals surface area contributed by atoms with Gasteiger partial charge in [-0.3, -0.25) is 9.59 Å². The van der Waals surface area contributed by atoms with Crippen molar-refractivity contribution in [3.8, 4) is 11.5 Å². The van der Waals surface area contributed by atoms with Gasteiger partial charge in [-0.1, -0.05) is 33.8 Å². The zero-order valence-electron chi connectivity index (χ0n) is 26.4. The molecule has 2 unspecified atom stereocenters. The summed E-state index contributed by atoms with van der Waals surface area (Å²) in [7, 11) is 4.76. The van der Waals surface area contributed by atoms with Crippen LogP contribution < -0.4 is 14.8 Å². The Bertz CT molecular complexity index is 911. The van der Waals surface area contributed by atoms with Gasteiger partial charge in [0.05, 0.1) is 32.8 Å². The molecule has 0 aliphatic heterocycles. The fourth-order valence-electron chi connectivity index (χ4n) is 5.77. The number of rotatable bonds is 18. The maximum atomic E-state index is 13.2. The van der Waals surface area contributed by atoms with Gasteiger partial charge in [0.2, 0.25) is 5.91 Å². The number of amides is 1. The number of carbonyl (C=O) groups excluding carboxylic acids is 2. The maximum Gasteiger partial charge on any atom is 0.308 e. The molecule has 1 amide bonds. The summed E-state index contributed by atoms with van der Waals surface area (Å²) >= 11 is 0. The Balaban J connectivity index is 1.91. The van der Waals surface area contributed by atoms with Gasteiger partial charge in [0.1, 0.15) is 0 Å². The van der Waals surface area contributed by atoms with Gasteiger partial charge in [-0.25, -0.2) is 0 Å². The Morgan fingerprint density at radius 2 is 1.66 bits per heavy atom. The number of esters is 1. The van der Waals surface area contributed by atoms with E-state index in [9.17, 15) is 14.7 Å². The van der Waals surface area contributed by atoms with Crippen LogP contribution in [0.3, 0.4) is 0 Å². The Morgan fingerprint density at radius 3 is 2.24 bits per heavy atom. The predicted octanol–water partition coefficient (Wildman–Crippen LogP) is 5.58. The lowest BCUT2D eigenvalue weighted by molar-refractivity contribution is -0.146. The predicted molar refractivity (Wildman–Crippen MR) is 161 cm³/mol. The molecule has 234 valence electrons. The minimum Gasteiger partial charge on any atom is -0.493 e. The molecule has 8 heteroatoms. The first-order valence-electron chi connectivity index (χ1n) is 15.4. The molecular formula is C33H55NO7. The third-order valence-electron chi connectivity index (χ3n) is 8.57. The van der Waals surface area contributed by atoms with Crippen LogP contribution >= 0.6 is 0 Å². The molecule has 0 saturated heterocycles. The quantitative estimate of drug-likeness (QED) is 0.174. The van der Waals surface area contributed by atoms with Gasteiger partial charge < -0.3 is 29.4 Å². The van der Waals surface area contributed by atoms with Crippen molar-refractivity contribution in [1.29, 1.82) is 0 Å². The van der Waals surface area contributed by atoms with Crippen LogP contribution in [0.4, 0.5) is 0 Å². The number of ether oxygens (including phenoxy) is 4. The normalized spacial score (nSPS) is 19.5. The molecule has 1 aromatic carbocycles. The van der Waals surface area contributed by atoms with Gasteiger partial charge in [0, 0.05) is 32.1 Å². The second kappa shape index (κ2) is 18.3. The third kappa shape index (κ3) is 11.8. The van der Waals surface area contributed by atoms with Crippen LogP contribution in [0, 0.1) is 29.6 Å². The van der Waals surface area contributed by atoms with E-state index in [-0.39, 0.29) is 35.7 Å². The van der Waals surface area contributed by atoms with Crippen LogP contribution in [0.2, 0.25) is 0 Å². The smallest absolute Gasteiger partial charge is 0.308 e. The first-order valence-corrected chi connectivity index (χ1v) is 15.4. The Kier molecular flexibility index (Phi) is 15.5. The highest BCUT2D eigenvalue weighted by molar-refractivity contribution is 5.79. The molecule has 1 aromatic rings. The van der Waals surface area contributed by atoms with Gasteiger partial charge in [-0.2, -0.15) is 0 Å². The van der Waals surface area contributed by atoms with E-state index in [1.54, 1.807) is 14.2 Å². The summed E-state index contributed by atoms with van der Waals surface area (Å²) in [6.45, 7) is 9.75. The van der Waals surface area contributed by atoms with E-state index in [0.29, 0.717) is 37.9 Å². The van der Waals surface area contributed by atoms with E-state index in [1.165, 1.54) is 12.7 Å². The number of aliphatic hydroxyl groups is 1. The van der Waals surface area contributed by atoms with Crippen LogP contribution in [-0.4, -0.2) is 63.7 Å². The summed E-state index contributed by atoms with van der Waals surface area (Å²) in [5.74, 6) is 1.95. The van der Waals surface area contributed by atoms with Crippen LogP contribution in [0.25, 0.3) is 0 Å². The molecule has 0 radical (unpaired) electrons. The number of aliphatic hydroxyl groups excluding tert-OH is 1. The first kappa shape index (κ1) is 34.9. The molecular weight excluding hydrogens is 522 g/mol. The second-order valence-electron chi connectivity index (χ2n) is 12.3. The summed E-state index contributed by atoms with van der Waals surface area (Å²) in [6, 6.07) is 6.19. The second-order valence-corrected chi connectivity index (χ2v) is 12.3. The van der Waals surface area contributed by atoms with Crippen LogP contribution in [0.5, 0.6) is 11.5 Å². The summed E-state index contributed by atoms with van der Waals surface area (Å²) in [5.41, 5.74) is 1.18. The lowest BCUT2D eigenvalue weighted by Crippen LogP contribution is -2.43. The van der Waals surface area contributed by atoms with Gasteiger partial charge in [-0.05, 0) is 86.8 Å². The van der Waals surface area contributed by atoms with E-state index < -0.39 is 6.10 Å². The molecule has 0 spiro atoms. The van der Waals surface area contributed by atoms with Crippen LogP contribution in [-0.2, 0) is 25.5 Å². The first-order chi connectivity index (χ1) is 19.6. The minimum atomic E-state index is -0.542. The van der Waals surface area contributed by atoms with Gasteiger partial charge in [-0.15, -0.1) is 0 Å². The highest BCUT2D eigenvalue weighted by Gasteiger charge is 2.31. The number of methoxy groups -OCH3 is 3. The molecule has 41 heavy (non-hydrogen) atoms. The SMILES string of the molecule is COCCCOc1cc(CC(CC[C@@H](O)CC(C(=O)NC2CCC(C(=O)OC)CC2)C(C)C)C(C)C)ccc1OC. The number of hydrogen-bond donors (Lipinski definition) is 2. The number of nitrogens with one attached hydrogen (secondary N) is 1.